The lowest BCUT2D eigenvalue weighted by Crippen LogP contribution is -2.29. The van der Waals surface area contributed by atoms with Crippen LogP contribution >= 0.6 is 0 Å². The second-order valence-electron chi connectivity index (χ2n) is 3.44. The summed E-state index contributed by atoms with van der Waals surface area (Å²) in [4.78, 5) is 22.3. The quantitative estimate of drug-likeness (QED) is 0.731. The molecule has 19 heavy (non-hydrogen) atoms. The Morgan fingerprint density at radius 2 is 2.21 bits per heavy atom. The highest BCUT2D eigenvalue weighted by molar-refractivity contribution is 5.91. The van der Waals surface area contributed by atoms with E-state index in [4.69, 9.17) is 21.0 Å². The fraction of sp³-hybridized carbons (Fsp3) is 0.231. The van der Waals surface area contributed by atoms with Gasteiger partial charge in [0.05, 0.1) is 13.7 Å². The molecule has 1 amide bonds. The molecule has 0 fully saturated rings. The Labute approximate surface area is 110 Å². The molecule has 2 N–H and O–H groups in total. The maximum absolute atomic E-state index is 11.3. The Morgan fingerprint density at radius 3 is 2.79 bits per heavy atom. The van der Waals surface area contributed by atoms with E-state index in [9.17, 15) is 9.59 Å². The van der Waals surface area contributed by atoms with Gasteiger partial charge in [-0.05, 0) is 18.2 Å². The van der Waals surface area contributed by atoms with Crippen molar-refractivity contribution in [2.75, 3.05) is 20.3 Å². The van der Waals surface area contributed by atoms with E-state index in [2.05, 4.69) is 11.2 Å². The van der Waals surface area contributed by atoms with Crippen LogP contribution in [0.5, 0.6) is 11.5 Å². The number of nitrogens with one attached hydrogen (secondary N) is 1. The van der Waals surface area contributed by atoms with Crippen molar-refractivity contribution in [3.63, 3.8) is 0 Å². The molecule has 0 bridgehead atoms. The molecule has 0 unspecified atom stereocenters. The van der Waals surface area contributed by atoms with Gasteiger partial charge in [-0.25, -0.2) is 4.79 Å². The number of carbonyl (C=O) groups is 2. The minimum absolute atomic E-state index is 0.0795. The lowest BCUT2D eigenvalue weighted by molar-refractivity contribution is -0.122. The molecule has 0 aliphatic heterocycles. The van der Waals surface area contributed by atoms with Crippen molar-refractivity contribution >= 4 is 11.9 Å². The molecular formula is C13H13NO5. The van der Waals surface area contributed by atoms with Crippen LogP contribution < -0.4 is 14.8 Å². The van der Waals surface area contributed by atoms with E-state index < -0.39 is 11.9 Å². The van der Waals surface area contributed by atoms with Gasteiger partial charge in [-0.3, -0.25) is 4.79 Å². The minimum atomic E-state index is -1.17. The summed E-state index contributed by atoms with van der Waals surface area (Å²) in [6, 6.07) is 4.29. The zero-order valence-corrected chi connectivity index (χ0v) is 10.3. The van der Waals surface area contributed by atoms with Crippen LogP contribution in [-0.2, 0) is 4.79 Å². The summed E-state index contributed by atoms with van der Waals surface area (Å²) in [5.74, 6) is 1.13. The fourth-order valence-electron chi connectivity index (χ4n) is 1.27. The molecular weight excluding hydrogens is 250 g/mol. The van der Waals surface area contributed by atoms with E-state index in [1.807, 2.05) is 0 Å². The van der Waals surface area contributed by atoms with Crippen molar-refractivity contribution in [2.45, 2.75) is 0 Å². The first-order chi connectivity index (χ1) is 9.08. The van der Waals surface area contributed by atoms with Crippen LogP contribution in [0.3, 0.4) is 0 Å². The summed E-state index contributed by atoms with van der Waals surface area (Å²) in [5.41, 5.74) is -0.0795. The molecule has 0 heterocycles. The summed E-state index contributed by atoms with van der Waals surface area (Å²) >= 11 is 0. The second kappa shape index (κ2) is 6.91. The van der Waals surface area contributed by atoms with Gasteiger partial charge in [0.2, 0.25) is 0 Å². The third kappa shape index (κ3) is 4.24. The van der Waals surface area contributed by atoms with Gasteiger partial charge in [0.1, 0.15) is 17.1 Å². The van der Waals surface area contributed by atoms with Gasteiger partial charge < -0.3 is 19.9 Å². The van der Waals surface area contributed by atoms with Crippen LogP contribution in [0.25, 0.3) is 0 Å². The Kier molecular flexibility index (Phi) is 5.23. The SMILES string of the molecule is C#CCNC(=O)COc1ccc(OC)cc1C(=O)O. The number of benzene rings is 1. The zero-order valence-electron chi connectivity index (χ0n) is 10.3. The van der Waals surface area contributed by atoms with Crippen molar-refractivity contribution in [2.24, 2.45) is 0 Å². The summed E-state index contributed by atoms with van der Waals surface area (Å²) in [7, 11) is 1.43. The van der Waals surface area contributed by atoms with Gasteiger partial charge in [-0.15, -0.1) is 6.42 Å². The molecule has 6 nitrogen and oxygen atoms in total. The third-order valence-corrected chi connectivity index (χ3v) is 2.16. The number of terminal acetylenes is 1. The molecule has 6 heteroatoms. The van der Waals surface area contributed by atoms with Crippen molar-refractivity contribution in [3.8, 4) is 23.8 Å². The first-order valence-electron chi connectivity index (χ1n) is 5.32. The number of hydrogen-bond acceptors (Lipinski definition) is 4. The smallest absolute Gasteiger partial charge is 0.339 e. The lowest BCUT2D eigenvalue weighted by Gasteiger charge is -2.10. The molecule has 0 saturated carbocycles. The van der Waals surface area contributed by atoms with E-state index in [0.717, 1.165) is 0 Å². The third-order valence-electron chi connectivity index (χ3n) is 2.16. The van der Waals surface area contributed by atoms with Crippen molar-refractivity contribution < 1.29 is 24.2 Å². The Balaban J connectivity index is 2.75. The van der Waals surface area contributed by atoms with Crippen LogP contribution in [0.4, 0.5) is 0 Å². The van der Waals surface area contributed by atoms with Gasteiger partial charge in [0.25, 0.3) is 5.91 Å². The molecule has 0 radical (unpaired) electrons. The highest BCUT2D eigenvalue weighted by Crippen LogP contribution is 2.24. The number of rotatable bonds is 6. The van der Waals surface area contributed by atoms with Crippen LogP contribution in [0.2, 0.25) is 0 Å². The average Bonchev–Trinajstić information content (AvgIpc) is 2.42. The Hall–Kier alpha value is -2.68. The number of carboxylic acid groups (broad SMARTS) is 1. The largest absolute Gasteiger partial charge is 0.497 e. The highest BCUT2D eigenvalue weighted by atomic mass is 16.5. The Bertz CT molecular complexity index is 518. The fourth-order valence-corrected chi connectivity index (χ4v) is 1.27. The van der Waals surface area contributed by atoms with E-state index >= 15 is 0 Å². The average molecular weight is 263 g/mol. The topological polar surface area (TPSA) is 84.9 Å². The number of methoxy groups -OCH3 is 1. The minimum Gasteiger partial charge on any atom is -0.497 e. The number of ether oxygens (including phenoxy) is 2. The zero-order chi connectivity index (χ0) is 14.3. The molecule has 0 aromatic heterocycles. The molecule has 0 atom stereocenters. The van der Waals surface area contributed by atoms with Crippen molar-refractivity contribution in [3.05, 3.63) is 23.8 Å². The molecule has 100 valence electrons. The summed E-state index contributed by atoms with van der Waals surface area (Å²) in [5, 5.41) is 11.4. The predicted molar refractivity (Wildman–Crippen MR) is 67.3 cm³/mol. The van der Waals surface area contributed by atoms with E-state index in [0.29, 0.717) is 5.75 Å². The molecule has 0 aliphatic carbocycles. The number of aromatic carboxylic acids is 1. The molecule has 1 aromatic carbocycles. The summed E-state index contributed by atoms with van der Waals surface area (Å²) in [6.45, 7) is -0.217. The standard InChI is InChI=1S/C13H13NO5/c1-3-6-14-12(15)8-19-11-5-4-9(18-2)7-10(11)13(16)17/h1,4-5,7H,6,8H2,2H3,(H,14,15)(H,16,17). The molecule has 0 spiro atoms. The molecule has 1 aromatic rings. The van der Waals surface area contributed by atoms with Crippen LogP contribution in [0, 0.1) is 12.3 Å². The molecule has 0 saturated heterocycles. The van der Waals surface area contributed by atoms with E-state index in [1.54, 1.807) is 6.07 Å². The second-order valence-corrected chi connectivity index (χ2v) is 3.44. The van der Waals surface area contributed by atoms with Crippen LogP contribution in [-0.4, -0.2) is 37.2 Å². The number of amides is 1. The maximum Gasteiger partial charge on any atom is 0.339 e. The maximum atomic E-state index is 11.3. The van der Waals surface area contributed by atoms with Crippen molar-refractivity contribution in [1.82, 2.24) is 5.32 Å². The van der Waals surface area contributed by atoms with Gasteiger partial charge in [-0.2, -0.15) is 0 Å². The first-order valence-corrected chi connectivity index (χ1v) is 5.32. The Morgan fingerprint density at radius 1 is 1.47 bits per heavy atom. The summed E-state index contributed by atoms with van der Waals surface area (Å²) < 4.78 is 10.1. The first kappa shape index (κ1) is 14.4. The monoisotopic (exact) mass is 263 g/mol. The number of hydrogen-bond donors (Lipinski definition) is 2. The normalized spacial score (nSPS) is 9.26. The highest BCUT2D eigenvalue weighted by Gasteiger charge is 2.13. The van der Waals surface area contributed by atoms with Crippen LogP contribution in [0.1, 0.15) is 10.4 Å². The van der Waals surface area contributed by atoms with Crippen molar-refractivity contribution in [1.29, 1.82) is 0 Å². The molecule has 1 rings (SSSR count). The summed E-state index contributed by atoms with van der Waals surface area (Å²) in [6.07, 6.45) is 4.98. The van der Waals surface area contributed by atoms with Crippen LogP contribution in [0.15, 0.2) is 18.2 Å². The van der Waals surface area contributed by atoms with Gasteiger partial charge in [0.15, 0.2) is 6.61 Å². The van der Waals surface area contributed by atoms with Gasteiger partial charge in [-0.1, -0.05) is 5.92 Å². The van der Waals surface area contributed by atoms with Gasteiger partial charge in [0, 0.05) is 0 Å². The van der Waals surface area contributed by atoms with Gasteiger partial charge >= 0.3 is 5.97 Å². The van der Waals surface area contributed by atoms with E-state index in [1.165, 1.54) is 19.2 Å². The number of carboxylic acids is 1. The lowest BCUT2D eigenvalue weighted by atomic mass is 10.2. The van der Waals surface area contributed by atoms with E-state index in [-0.39, 0.29) is 24.5 Å². The predicted octanol–water partition coefficient (Wildman–Crippen LogP) is 0.522. The number of carbonyl (C=O) groups excluding carboxylic acids is 1. The molecule has 0 aliphatic rings.